The molecule has 1 atom stereocenters. The average Bonchev–Trinajstić information content (AvgIpc) is 2.76. The zero-order valence-electron chi connectivity index (χ0n) is 11.7. The molecule has 5 heteroatoms. The number of anilines is 1. The maximum Gasteiger partial charge on any atom is 0.410 e. The van der Waals surface area contributed by atoms with E-state index in [9.17, 15) is 4.79 Å². The van der Waals surface area contributed by atoms with E-state index in [0.717, 1.165) is 24.9 Å². The lowest BCUT2D eigenvalue weighted by Crippen LogP contribution is -2.36. The number of nitrogens with zero attached hydrogens (tertiary/aromatic N) is 2. The second kappa shape index (κ2) is 5.07. The minimum Gasteiger partial charge on any atom is -0.444 e. The minimum absolute atomic E-state index is 0.0444. The Hall–Kier alpha value is -1.78. The third-order valence-corrected chi connectivity index (χ3v) is 3.07. The molecule has 2 rings (SSSR count). The molecule has 0 saturated carbocycles. The van der Waals surface area contributed by atoms with Crippen LogP contribution in [-0.2, 0) is 4.74 Å². The molecule has 0 unspecified atom stereocenters. The van der Waals surface area contributed by atoms with Gasteiger partial charge < -0.3 is 15.4 Å². The number of carbonyl (C=O) groups is 1. The van der Waals surface area contributed by atoms with Gasteiger partial charge in [-0.3, -0.25) is 0 Å². The quantitative estimate of drug-likeness (QED) is 0.845. The number of nitrogens with two attached hydrogens (primary N) is 1. The number of ether oxygens (including phenoxy) is 1. The summed E-state index contributed by atoms with van der Waals surface area (Å²) in [5, 5.41) is 0. The Bertz CT molecular complexity index is 451. The fourth-order valence-electron chi connectivity index (χ4n) is 2.27. The molecule has 2 heterocycles. The van der Waals surface area contributed by atoms with Crippen molar-refractivity contribution < 1.29 is 9.53 Å². The Kier molecular flexibility index (Phi) is 3.64. The van der Waals surface area contributed by atoms with Crippen LogP contribution < -0.4 is 5.73 Å². The van der Waals surface area contributed by atoms with Crippen LogP contribution in [0.4, 0.5) is 10.6 Å². The molecule has 0 bridgehead atoms. The summed E-state index contributed by atoms with van der Waals surface area (Å²) in [7, 11) is 0. The molecular formula is C14H21N3O2. The van der Waals surface area contributed by atoms with Gasteiger partial charge in [-0.1, -0.05) is 6.07 Å². The highest BCUT2D eigenvalue weighted by Gasteiger charge is 2.33. The number of nitrogen functional groups attached to an aromatic ring is 1. The molecule has 2 N–H and O–H groups in total. The second-order valence-corrected chi connectivity index (χ2v) is 5.85. The van der Waals surface area contributed by atoms with E-state index in [0.29, 0.717) is 5.82 Å². The summed E-state index contributed by atoms with van der Waals surface area (Å²) in [5.74, 6) is 0.491. The molecule has 0 spiro atoms. The molecule has 104 valence electrons. The summed E-state index contributed by atoms with van der Waals surface area (Å²) in [6.07, 6.45) is 3.40. The van der Waals surface area contributed by atoms with Crippen LogP contribution in [0.25, 0.3) is 0 Å². The lowest BCUT2D eigenvalue weighted by Gasteiger charge is -2.28. The lowest BCUT2D eigenvalue weighted by atomic mass is 10.1. The van der Waals surface area contributed by atoms with E-state index in [2.05, 4.69) is 4.98 Å². The highest BCUT2D eigenvalue weighted by molar-refractivity contribution is 5.69. The van der Waals surface area contributed by atoms with Gasteiger partial charge in [0, 0.05) is 12.7 Å². The molecule has 0 radical (unpaired) electrons. The maximum atomic E-state index is 12.2. The normalized spacial score (nSPS) is 19.5. The van der Waals surface area contributed by atoms with Crippen LogP contribution >= 0.6 is 0 Å². The third-order valence-electron chi connectivity index (χ3n) is 3.07. The number of rotatable bonds is 1. The number of amides is 1. The first kappa shape index (κ1) is 13.6. The predicted octanol–water partition coefficient (Wildman–Crippen LogP) is 2.74. The van der Waals surface area contributed by atoms with Crippen molar-refractivity contribution in [2.45, 2.75) is 45.3 Å². The van der Waals surface area contributed by atoms with Crippen molar-refractivity contribution in [1.82, 2.24) is 9.88 Å². The fraction of sp³-hybridized carbons (Fsp3) is 0.571. The van der Waals surface area contributed by atoms with Crippen molar-refractivity contribution in [3.63, 3.8) is 0 Å². The van der Waals surface area contributed by atoms with Crippen LogP contribution in [0.2, 0.25) is 0 Å². The molecule has 19 heavy (non-hydrogen) atoms. The molecule has 0 aliphatic carbocycles. The largest absolute Gasteiger partial charge is 0.444 e. The van der Waals surface area contributed by atoms with Gasteiger partial charge in [-0.25, -0.2) is 9.78 Å². The van der Waals surface area contributed by atoms with Gasteiger partial charge in [-0.15, -0.1) is 0 Å². The van der Waals surface area contributed by atoms with E-state index < -0.39 is 5.60 Å². The smallest absolute Gasteiger partial charge is 0.410 e. The van der Waals surface area contributed by atoms with Crippen LogP contribution in [0.15, 0.2) is 18.3 Å². The SMILES string of the molecule is CC(C)(C)OC(=O)N1CCC[C@H]1c1ccc(N)nc1. The van der Waals surface area contributed by atoms with Gasteiger partial charge in [0.2, 0.25) is 0 Å². The summed E-state index contributed by atoms with van der Waals surface area (Å²) in [5.41, 5.74) is 6.13. The zero-order chi connectivity index (χ0) is 14.0. The summed E-state index contributed by atoms with van der Waals surface area (Å²) in [6, 6.07) is 3.74. The molecule has 1 amide bonds. The van der Waals surface area contributed by atoms with Gasteiger partial charge in [0.05, 0.1) is 6.04 Å². The number of carbonyl (C=O) groups excluding carboxylic acids is 1. The average molecular weight is 263 g/mol. The molecule has 1 aliphatic heterocycles. The van der Waals surface area contributed by atoms with E-state index >= 15 is 0 Å². The highest BCUT2D eigenvalue weighted by atomic mass is 16.6. The Morgan fingerprint density at radius 2 is 2.21 bits per heavy atom. The minimum atomic E-state index is -0.469. The van der Waals surface area contributed by atoms with E-state index in [-0.39, 0.29) is 12.1 Å². The van der Waals surface area contributed by atoms with Crippen LogP contribution in [0.3, 0.4) is 0 Å². The molecule has 1 aliphatic rings. The Morgan fingerprint density at radius 3 is 2.79 bits per heavy atom. The molecule has 1 aromatic rings. The Labute approximate surface area is 113 Å². The number of aromatic nitrogens is 1. The molecule has 5 nitrogen and oxygen atoms in total. The third kappa shape index (κ3) is 3.36. The number of hydrogen-bond acceptors (Lipinski definition) is 4. The first-order chi connectivity index (χ1) is 8.87. The lowest BCUT2D eigenvalue weighted by molar-refractivity contribution is 0.0224. The van der Waals surface area contributed by atoms with Crippen molar-refractivity contribution in [2.24, 2.45) is 0 Å². The first-order valence-corrected chi connectivity index (χ1v) is 6.58. The van der Waals surface area contributed by atoms with Gasteiger partial charge in [0.15, 0.2) is 0 Å². The molecule has 1 saturated heterocycles. The Morgan fingerprint density at radius 1 is 1.47 bits per heavy atom. The van der Waals surface area contributed by atoms with Gasteiger partial charge in [0.25, 0.3) is 0 Å². The van der Waals surface area contributed by atoms with Crippen molar-refractivity contribution in [3.8, 4) is 0 Å². The Balaban J connectivity index is 2.12. The van der Waals surface area contributed by atoms with E-state index in [1.807, 2.05) is 26.8 Å². The number of hydrogen-bond donors (Lipinski definition) is 1. The maximum absolute atomic E-state index is 12.2. The molecule has 1 aromatic heterocycles. The summed E-state index contributed by atoms with van der Waals surface area (Å²) in [4.78, 5) is 18.0. The van der Waals surface area contributed by atoms with Crippen molar-refractivity contribution in [1.29, 1.82) is 0 Å². The topological polar surface area (TPSA) is 68.5 Å². The van der Waals surface area contributed by atoms with Gasteiger partial charge in [-0.2, -0.15) is 0 Å². The van der Waals surface area contributed by atoms with E-state index in [1.54, 1.807) is 17.2 Å². The number of likely N-dealkylation sites (tertiary alicyclic amines) is 1. The van der Waals surface area contributed by atoms with Crippen LogP contribution in [0, 0.1) is 0 Å². The highest BCUT2D eigenvalue weighted by Crippen LogP contribution is 2.32. The second-order valence-electron chi connectivity index (χ2n) is 5.85. The molecule has 0 aromatic carbocycles. The van der Waals surface area contributed by atoms with Gasteiger partial charge in [0.1, 0.15) is 11.4 Å². The summed E-state index contributed by atoms with van der Waals surface area (Å²) >= 11 is 0. The van der Waals surface area contributed by atoms with Gasteiger partial charge >= 0.3 is 6.09 Å². The van der Waals surface area contributed by atoms with Crippen LogP contribution in [0.5, 0.6) is 0 Å². The van der Waals surface area contributed by atoms with Crippen LogP contribution in [0.1, 0.15) is 45.2 Å². The molecule has 1 fully saturated rings. The molecular weight excluding hydrogens is 242 g/mol. The van der Waals surface area contributed by atoms with E-state index in [4.69, 9.17) is 10.5 Å². The van der Waals surface area contributed by atoms with Crippen LogP contribution in [-0.4, -0.2) is 28.1 Å². The fourth-order valence-corrected chi connectivity index (χ4v) is 2.27. The van der Waals surface area contributed by atoms with Gasteiger partial charge in [-0.05, 0) is 45.2 Å². The standard InChI is InChI=1S/C14H21N3O2/c1-14(2,3)19-13(18)17-8-4-5-11(17)10-6-7-12(15)16-9-10/h6-7,9,11H,4-5,8H2,1-3H3,(H2,15,16)/t11-/m0/s1. The van der Waals surface area contributed by atoms with Crippen molar-refractivity contribution >= 4 is 11.9 Å². The number of pyridine rings is 1. The summed E-state index contributed by atoms with van der Waals surface area (Å²) in [6.45, 7) is 6.35. The van der Waals surface area contributed by atoms with Crippen molar-refractivity contribution in [2.75, 3.05) is 12.3 Å². The first-order valence-electron chi connectivity index (χ1n) is 6.58. The van der Waals surface area contributed by atoms with E-state index in [1.165, 1.54) is 0 Å². The predicted molar refractivity (Wildman–Crippen MR) is 73.6 cm³/mol. The monoisotopic (exact) mass is 263 g/mol. The van der Waals surface area contributed by atoms with Crippen molar-refractivity contribution in [3.05, 3.63) is 23.9 Å². The summed E-state index contributed by atoms with van der Waals surface area (Å²) < 4.78 is 5.44. The zero-order valence-corrected chi connectivity index (χ0v) is 11.7.